The van der Waals surface area contributed by atoms with Gasteiger partial charge in [-0.1, -0.05) is 11.3 Å². The van der Waals surface area contributed by atoms with Crippen molar-refractivity contribution >= 4 is 49.1 Å². The number of carbonyl (C=O) groups is 1. The van der Waals surface area contributed by atoms with E-state index in [0.29, 0.717) is 27.1 Å². The number of hydrogen-bond donors (Lipinski definition) is 2. The Morgan fingerprint density at radius 3 is 2.63 bits per heavy atom. The minimum atomic E-state index is -0.400. The van der Waals surface area contributed by atoms with E-state index < -0.39 is 5.82 Å². The molecule has 0 aliphatic heterocycles. The number of hydrogen-bond acceptors (Lipinski definition) is 7. The Kier molecular flexibility index (Phi) is 4.46. The van der Waals surface area contributed by atoms with E-state index in [4.69, 9.17) is 10.5 Å². The van der Waals surface area contributed by atoms with E-state index in [-0.39, 0.29) is 5.91 Å². The van der Waals surface area contributed by atoms with Gasteiger partial charge in [0.05, 0.1) is 17.5 Å². The minimum absolute atomic E-state index is 0.343. The van der Waals surface area contributed by atoms with Crippen LogP contribution in [-0.4, -0.2) is 23.0 Å². The van der Waals surface area contributed by atoms with Gasteiger partial charge in [0, 0.05) is 16.5 Å². The Morgan fingerprint density at radius 2 is 1.96 bits per heavy atom. The zero-order valence-electron chi connectivity index (χ0n) is 14.0. The van der Waals surface area contributed by atoms with Crippen LogP contribution in [-0.2, 0) is 0 Å². The van der Waals surface area contributed by atoms with Crippen LogP contribution in [0.3, 0.4) is 0 Å². The number of nitrogen functional groups attached to an aromatic ring is 1. The summed E-state index contributed by atoms with van der Waals surface area (Å²) in [6.07, 6.45) is 0. The van der Waals surface area contributed by atoms with Gasteiger partial charge in [0.2, 0.25) is 0 Å². The number of rotatable bonds is 4. The van der Waals surface area contributed by atoms with Gasteiger partial charge in [-0.05, 0) is 36.4 Å². The van der Waals surface area contributed by atoms with Crippen LogP contribution in [0.5, 0.6) is 5.75 Å². The molecule has 2 aromatic carbocycles. The van der Waals surface area contributed by atoms with E-state index in [9.17, 15) is 9.18 Å². The highest BCUT2D eigenvalue weighted by molar-refractivity contribution is 7.23. The van der Waals surface area contributed by atoms with Gasteiger partial charge in [-0.15, -0.1) is 11.3 Å². The third-order valence-corrected chi connectivity index (χ3v) is 5.53. The second-order valence-corrected chi connectivity index (χ2v) is 7.43. The zero-order chi connectivity index (χ0) is 19.0. The molecule has 0 bridgehead atoms. The van der Waals surface area contributed by atoms with Crippen LogP contribution in [0, 0.1) is 5.82 Å². The predicted octanol–water partition coefficient (Wildman–Crippen LogP) is 4.40. The van der Waals surface area contributed by atoms with E-state index in [1.54, 1.807) is 13.2 Å². The smallest absolute Gasteiger partial charge is 0.257 e. The number of benzene rings is 2. The SMILES string of the molecule is COc1ccc(-c2csc(N)n2)c2sc(NC(=O)c3ccc(F)cc3)nc12. The van der Waals surface area contributed by atoms with E-state index in [1.165, 1.54) is 46.9 Å². The van der Waals surface area contributed by atoms with E-state index in [1.807, 2.05) is 11.4 Å². The van der Waals surface area contributed by atoms with E-state index >= 15 is 0 Å². The number of amides is 1. The lowest BCUT2D eigenvalue weighted by Gasteiger charge is -2.03. The molecule has 27 heavy (non-hydrogen) atoms. The van der Waals surface area contributed by atoms with Crippen LogP contribution in [0.15, 0.2) is 41.8 Å². The molecule has 2 heterocycles. The summed E-state index contributed by atoms with van der Waals surface area (Å²) in [7, 11) is 1.56. The molecule has 1 amide bonds. The molecule has 4 aromatic rings. The second-order valence-electron chi connectivity index (χ2n) is 5.54. The number of thiazole rings is 2. The Hall–Kier alpha value is -3.04. The van der Waals surface area contributed by atoms with Crippen molar-refractivity contribution in [2.45, 2.75) is 0 Å². The molecule has 2 aromatic heterocycles. The first-order chi connectivity index (χ1) is 13.0. The summed E-state index contributed by atoms with van der Waals surface area (Å²) in [5, 5.41) is 5.50. The molecule has 0 aliphatic carbocycles. The standard InChI is InChI=1S/C18H13FN4O2S2/c1-25-13-7-6-11(12-8-26-17(20)21-12)15-14(13)22-18(27-15)23-16(24)9-2-4-10(19)5-3-9/h2-8H,1H3,(H2,20,21)(H,22,23,24). The number of anilines is 2. The van der Waals surface area contributed by atoms with Crippen molar-refractivity contribution in [3.8, 4) is 17.0 Å². The average Bonchev–Trinajstić information content (AvgIpc) is 3.27. The molecule has 0 unspecified atom stereocenters. The minimum Gasteiger partial charge on any atom is -0.494 e. The maximum atomic E-state index is 13.0. The van der Waals surface area contributed by atoms with Crippen LogP contribution < -0.4 is 15.8 Å². The van der Waals surface area contributed by atoms with Crippen LogP contribution >= 0.6 is 22.7 Å². The number of fused-ring (bicyclic) bond motifs is 1. The molecule has 9 heteroatoms. The molecular weight excluding hydrogens is 387 g/mol. The summed E-state index contributed by atoms with van der Waals surface area (Å²) in [4.78, 5) is 21.2. The summed E-state index contributed by atoms with van der Waals surface area (Å²) in [5.74, 6) is -0.175. The number of halogens is 1. The topological polar surface area (TPSA) is 90.1 Å². The predicted molar refractivity (Wildman–Crippen MR) is 106 cm³/mol. The van der Waals surface area contributed by atoms with Crippen LogP contribution in [0.1, 0.15) is 10.4 Å². The molecule has 0 fully saturated rings. The molecule has 3 N–H and O–H groups in total. The molecule has 136 valence electrons. The van der Waals surface area contributed by atoms with Crippen molar-refractivity contribution in [1.82, 2.24) is 9.97 Å². The van der Waals surface area contributed by atoms with Gasteiger partial charge in [-0.2, -0.15) is 0 Å². The lowest BCUT2D eigenvalue weighted by molar-refractivity contribution is 0.102. The Bertz CT molecular complexity index is 1140. The highest BCUT2D eigenvalue weighted by Gasteiger charge is 2.17. The summed E-state index contributed by atoms with van der Waals surface area (Å²) in [6.45, 7) is 0. The van der Waals surface area contributed by atoms with E-state index in [2.05, 4.69) is 15.3 Å². The molecule has 6 nitrogen and oxygen atoms in total. The van der Waals surface area contributed by atoms with Crippen molar-refractivity contribution in [3.05, 3.63) is 53.2 Å². The quantitative estimate of drug-likeness (QED) is 0.530. The average molecular weight is 400 g/mol. The Labute approximate surface area is 161 Å². The number of nitrogens with one attached hydrogen (secondary N) is 1. The van der Waals surface area contributed by atoms with Gasteiger partial charge < -0.3 is 10.5 Å². The maximum Gasteiger partial charge on any atom is 0.257 e. The summed E-state index contributed by atoms with van der Waals surface area (Å²) in [5.41, 5.74) is 8.32. The number of ether oxygens (including phenoxy) is 1. The third kappa shape index (κ3) is 3.34. The van der Waals surface area contributed by atoms with Crippen LogP contribution in [0.25, 0.3) is 21.5 Å². The van der Waals surface area contributed by atoms with Gasteiger partial charge in [0.25, 0.3) is 5.91 Å². The molecule has 0 spiro atoms. The summed E-state index contributed by atoms with van der Waals surface area (Å²) in [6, 6.07) is 9.00. The Morgan fingerprint density at radius 1 is 1.19 bits per heavy atom. The fourth-order valence-electron chi connectivity index (χ4n) is 2.59. The van der Waals surface area contributed by atoms with Gasteiger partial charge >= 0.3 is 0 Å². The largest absolute Gasteiger partial charge is 0.494 e. The number of nitrogens with two attached hydrogens (primary N) is 1. The highest BCUT2D eigenvalue weighted by Crippen LogP contribution is 2.40. The molecule has 4 rings (SSSR count). The second kappa shape index (κ2) is 6.93. The molecular formula is C18H13FN4O2S2. The van der Waals surface area contributed by atoms with Crippen molar-refractivity contribution in [3.63, 3.8) is 0 Å². The zero-order valence-corrected chi connectivity index (χ0v) is 15.7. The number of nitrogens with zero attached hydrogens (tertiary/aromatic N) is 2. The van der Waals surface area contributed by atoms with Crippen LogP contribution in [0.4, 0.5) is 14.7 Å². The van der Waals surface area contributed by atoms with Gasteiger partial charge in [0.1, 0.15) is 17.1 Å². The van der Waals surface area contributed by atoms with Crippen molar-refractivity contribution in [2.75, 3.05) is 18.2 Å². The fraction of sp³-hybridized carbons (Fsp3) is 0.0556. The number of aromatic nitrogens is 2. The molecule has 0 saturated heterocycles. The van der Waals surface area contributed by atoms with Crippen molar-refractivity contribution < 1.29 is 13.9 Å². The maximum absolute atomic E-state index is 13.0. The van der Waals surface area contributed by atoms with E-state index in [0.717, 1.165) is 16.0 Å². The molecule has 0 radical (unpaired) electrons. The first-order valence-corrected chi connectivity index (χ1v) is 9.50. The lowest BCUT2D eigenvalue weighted by atomic mass is 10.1. The molecule has 0 atom stereocenters. The first-order valence-electron chi connectivity index (χ1n) is 7.81. The van der Waals surface area contributed by atoms with Gasteiger partial charge in [-0.25, -0.2) is 14.4 Å². The fourth-order valence-corrected chi connectivity index (χ4v) is 4.15. The number of methoxy groups -OCH3 is 1. The molecule has 0 saturated carbocycles. The van der Waals surface area contributed by atoms with Crippen LogP contribution in [0.2, 0.25) is 0 Å². The third-order valence-electron chi connectivity index (χ3n) is 3.85. The number of carbonyl (C=O) groups excluding carboxylic acids is 1. The Balaban J connectivity index is 1.74. The lowest BCUT2D eigenvalue weighted by Crippen LogP contribution is -2.11. The monoisotopic (exact) mass is 400 g/mol. The van der Waals surface area contributed by atoms with Gasteiger partial charge in [-0.3, -0.25) is 10.1 Å². The summed E-state index contributed by atoms with van der Waals surface area (Å²) >= 11 is 2.66. The van der Waals surface area contributed by atoms with Crippen molar-refractivity contribution in [2.24, 2.45) is 0 Å². The van der Waals surface area contributed by atoms with Gasteiger partial charge in [0.15, 0.2) is 10.3 Å². The summed E-state index contributed by atoms with van der Waals surface area (Å²) < 4.78 is 19.3. The normalized spacial score (nSPS) is 10.9. The first kappa shape index (κ1) is 17.4. The van der Waals surface area contributed by atoms with Crippen molar-refractivity contribution in [1.29, 1.82) is 0 Å². The molecule has 0 aliphatic rings. The highest BCUT2D eigenvalue weighted by atomic mass is 32.1.